The number of rotatable bonds is 9. The summed E-state index contributed by atoms with van der Waals surface area (Å²) in [5.74, 6) is 1.35. The first-order valence-corrected chi connectivity index (χ1v) is 10.2. The molecular weight excluding hydrogens is 346 g/mol. The Balaban J connectivity index is 1.48. The van der Waals surface area contributed by atoms with Crippen LogP contribution in [0.1, 0.15) is 53.9 Å². The Labute approximate surface area is 159 Å². The topological polar surface area (TPSA) is 58.6 Å². The van der Waals surface area contributed by atoms with Gasteiger partial charge in [-0.05, 0) is 61.4 Å². The van der Waals surface area contributed by atoms with Crippen LogP contribution in [0.5, 0.6) is 5.75 Å². The Bertz CT molecular complexity index is 678. The van der Waals surface area contributed by atoms with Gasteiger partial charge in [-0.2, -0.15) is 0 Å². The van der Waals surface area contributed by atoms with Crippen LogP contribution in [0.4, 0.5) is 0 Å². The molecule has 1 aliphatic rings. The lowest BCUT2D eigenvalue weighted by atomic mass is 9.96. The molecule has 0 amide bonds. The lowest BCUT2D eigenvalue weighted by Crippen LogP contribution is -2.36. The molecule has 0 aliphatic heterocycles. The quantitative estimate of drug-likeness (QED) is 0.647. The molecule has 1 heterocycles. The Hall–Kier alpha value is -1.69. The van der Waals surface area contributed by atoms with Crippen molar-refractivity contribution in [1.29, 1.82) is 0 Å². The second kappa shape index (κ2) is 9.31. The van der Waals surface area contributed by atoms with Gasteiger partial charge in [-0.1, -0.05) is 18.9 Å². The lowest BCUT2D eigenvalue weighted by molar-refractivity contribution is 0.100. The van der Waals surface area contributed by atoms with E-state index in [-0.39, 0.29) is 12.4 Å². The van der Waals surface area contributed by atoms with Gasteiger partial charge in [-0.15, -0.1) is 11.3 Å². The van der Waals surface area contributed by atoms with Gasteiger partial charge in [-0.25, -0.2) is 0 Å². The minimum atomic E-state index is -0.577. The molecule has 3 rings (SSSR count). The molecule has 1 fully saturated rings. The van der Waals surface area contributed by atoms with E-state index < -0.39 is 6.10 Å². The largest absolute Gasteiger partial charge is 0.491 e. The highest BCUT2D eigenvalue weighted by atomic mass is 32.1. The van der Waals surface area contributed by atoms with Crippen molar-refractivity contribution in [1.82, 2.24) is 5.32 Å². The summed E-state index contributed by atoms with van der Waals surface area (Å²) >= 11 is 1.78. The summed E-state index contributed by atoms with van der Waals surface area (Å²) in [6.45, 7) is 2.28. The van der Waals surface area contributed by atoms with Crippen LogP contribution in [0.25, 0.3) is 0 Å². The number of carbonyl (C=O) groups excluding carboxylic acids is 1. The smallest absolute Gasteiger partial charge is 0.159 e. The summed E-state index contributed by atoms with van der Waals surface area (Å²) < 4.78 is 5.65. The Morgan fingerprint density at radius 3 is 2.62 bits per heavy atom. The van der Waals surface area contributed by atoms with Crippen molar-refractivity contribution in [2.45, 2.75) is 44.8 Å². The van der Waals surface area contributed by atoms with Crippen molar-refractivity contribution in [3.05, 3.63) is 52.2 Å². The van der Waals surface area contributed by atoms with E-state index >= 15 is 0 Å². The summed E-state index contributed by atoms with van der Waals surface area (Å²) in [5, 5.41) is 16.0. The maximum Gasteiger partial charge on any atom is 0.159 e. The summed E-state index contributed by atoms with van der Waals surface area (Å²) in [4.78, 5) is 12.6. The average molecular weight is 374 g/mol. The highest BCUT2D eigenvalue weighted by Gasteiger charge is 2.27. The molecule has 140 valence electrons. The molecule has 2 unspecified atom stereocenters. The molecule has 5 heteroatoms. The third-order valence-electron chi connectivity index (χ3n) is 5.00. The van der Waals surface area contributed by atoms with Crippen LogP contribution in [0.3, 0.4) is 0 Å². The zero-order valence-corrected chi connectivity index (χ0v) is 16.0. The number of carbonyl (C=O) groups is 1. The zero-order valence-electron chi connectivity index (χ0n) is 15.2. The minimum Gasteiger partial charge on any atom is -0.491 e. The van der Waals surface area contributed by atoms with Crippen molar-refractivity contribution in [3.63, 3.8) is 0 Å². The predicted molar refractivity (Wildman–Crippen MR) is 105 cm³/mol. The van der Waals surface area contributed by atoms with Gasteiger partial charge in [0.05, 0.1) is 0 Å². The van der Waals surface area contributed by atoms with Gasteiger partial charge in [0.25, 0.3) is 0 Å². The van der Waals surface area contributed by atoms with E-state index in [9.17, 15) is 9.90 Å². The van der Waals surface area contributed by atoms with Crippen LogP contribution in [-0.4, -0.2) is 30.1 Å². The summed E-state index contributed by atoms with van der Waals surface area (Å²) in [6, 6.07) is 11.6. The van der Waals surface area contributed by atoms with Gasteiger partial charge < -0.3 is 15.2 Å². The molecule has 0 bridgehead atoms. The van der Waals surface area contributed by atoms with Gasteiger partial charge in [0.15, 0.2) is 5.78 Å². The standard InChI is InChI=1S/C21H27NO3S/c1-15(23)16-8-10-19(11-9-16)25-14-18(24)13-22-21(17-5-2-3-6-17)20-7-4-12-26-20/h4,7-12,17-18,21-22,24H,2-3,5-6,13-14H2,1H3. The van der Waals surface area contributed by atoms with Gasteiger partial charge in [-0.3, -0.25) is 4.79 Å². The summed E-state index contributed by atoms with van der Waals surface area (Å²) in [7, 11) is 0. The van der Waals surface area contributed by atoms with Crippen LogP contribution >= 0.6 is 11.3 Å². The molecule has 1 aliphatic carbocycles. The van der Waals surface area contributed by atoms with Gasteiger partial charge >= 0.3 is 0 Å². The van der Waals surface area contributed by atoms with E-state index in [1.54, 1.807) is 42.5 Å². The van der Waals surface area contributed by atoms with Crippen LogP contribution in [0, 0.1) is 5.92 Å². The zero-order chi connectivity index (χ0) is 18.4. The molecule has 2 atom stereocenters. The first kappa shape index (κ1) is 19.1. The van der Waals surface area contributed by atoms with E-state index in [0.717, 1.165) is 0 Å². The van der Waals surface area contributed by atoms with Gasteiger partial charge in [0.2, 0.25) is 0 Å². The molecule has 1 saturated carbocycles. The Kier molecular flexibility index (Phi) is 6.83. The molecule has 0 radical (unpaired) electrons. The normalized spacial score (nSPS) is 17.2. The first-order valence-electron chi connectivity index (χ1n) is 9.32. The molecule has 0 saturated heterocycles. The minimum absolute atomic E-state index is 0.0346. The van der Waals surface area contributed by atoms with E-state index in [0.29, 0.717) is 29.8 Å². The number of nitrogens with one attached hydrogen (secondary N) is 1. The number of ether oxygens (including phenoxy) is 1. The molecule has 26 heavy (non-hydrogen) atoms. The van der Waals surface area contributed by atoms with E-state index in [4.69, 9.17) is 4.74 Å². The molecule has 2 N–H and O–H groups in total. The molecule has 4 nitrogen and oxygen atoms in total. The van der Waals surface area contributed by atoms with Crippen LogP contribution in [-0.2, 0) is 0 Å². The fourth-order valence-electron chi connectivity index (χ4n) is 3.56. The Morgan fingerprint density at radius 2 is 2.00 bits per heavy atom. The maximum absolute atomic E-state index is 11.3. The first-order chi connectivity index (χ1) is 12.6. The number of aliphatic hydroxyl groups excluding tert-OH is 1. The van der Waals surface area contributed by atoms with Crippen molar-refractivity contribution in [3.8, 4) is 5.75 Å². The molecular formula is C21H27NO3S. The van der Waals surface area contributed by atoms with E-state index in [2.05, 4.69) is 22.8 Å². The molecule has 0 spiro atoms. The second-order valence-electron chi connectivity index (χ2n) is 6.99. The fraction of sp³-hybridized carbons (Fsp3) is 0.476. The number of ketones is 1. The number of thiophene rings is 1. The lowest BCUT2D eigenvalue weighted by Gasteiger charge is -2.25. The number of hydrogen-bond acceptors (Lipinski definition) is 5. The van der Waals surface area contributed by atoms with Gasteiger partial charge in [0, 0.05) is 23.0 Å². The van der Waals surface area contributed by atoms with Crippen LogP contribution in [0.15, 0.2) is 41.8 Å². The monoisotopic (exact) mass is 373 g/mol. The number of benzene rings is 1. The summed E-state index contributed by atoms with van der Waals surface area (Å²) in [5.41, 5.74) is 0.662. The average Bonchev–Trinajstić information content (AvgIpc) is 3.35. The van der Waals surface area contributed by atoms with Crippen LogP contribution in [0.2, 0.25) is 0 Å². The van der Waals surface area contributed by atoms with Crippen molar-refractivity contribution in [2.75, 3.05) is 13.2 Å². The van der Waals surface area contributed by atoms with Crippen molar-refractivity contribution >= 4 is 17.1 Å². The van der Waals surface area contributed by atoms with E-state index in [1.165, 1.54) is 30.6 Å². The maximum atomic E-state index is 11.3. The number of hydrogen-bond donors (Lipinski definition) is 2. The third-order valence-corrected chi connectivity index (χ3v) is 5.95. The third kappa shape index (κ3) is 5.16. The number of aliphatic hydroxyl groups is 1. The number of Topliss-reactive ketones (excluding diaryl/α,β-unsaturated/α-hetero) is 1. The highest BCUT2D eigenvalue weighted by molar-refractivity contribution is 7.10. The SMILES string of the molecule is CC(=O)c1ccc(OCC(O)CNC(c2cccs2)C2CCCC2)cc1. The highest BCUT2D eigenvalue weighted by Crippen LogP contribution is 2.37. The Morgan fingerprint density at radius 1 is 1.27 bits per heavy atom. The van der Waals surface area contributed by atoms with Crippen molar-refractivity contribution in [2.24, 2.45) is 5.92 Å². The van der Waals surface area contributed by atoms with Crippen LogP contribution < -0.4 is 10.1 Å². The van der Waals surface area contributed by atoms with Crippen molar-refractivity contribution < 1.29 is 14.6 Å². The molecule has 2 aromatic rings. The fourth-order valence-corrected chi connectivity index (χ4v) is 4.45. The summed E-state index contributed by atoms with van der Waals surface area (Å²) in [6.07, 6.45) is 4.54. The van der Waals surface area contributed by atoms with Gasteiger partial charge in [0.1, 0.15) is 18.5 Å². The van der Waals surface area contributed by atoms with E-state index in [1.807, 2.05) is 0 Å². The second-order valence-corrected chi connectivity index (χ2v) is 7.97. The molecule has 1 aromatic heterocycles. The predicted octanol–water partition coefficient (Wildman–Crippen LogP) is 4.21. The molecule has 1 aromatic carbocycles.